The molecule has 17 heavy (non-hydrogen) atoms. The van der Waals surface area contributed by atoms with Crippen LogP contribution in [0, 0.1) is 0 Å². The molecule has 0 unspecified atom stereocenters. The topological polar surface area (TPSA) is 30.0 Å². The predicted molar refractivity (Wildman–Crippen MR) is 66.3 cm³/mol. The summed E-state index contributed by atoms with van der Waals surface area (Å²) in [5.74, 6) is 0.108. The zero-order chi connectivity index (χ0) is 11.8. The van der Waals surface area contributed by atoms with Crippen molar-refractivity contribution in [3.8, 4) is 0 Å². The summed E-state index contributed by atoms with van der Waals surface area (Å²) in [6.45, 7) is 2.08. The zero-order valence-corrected chi connectivity index (χ0v) is 9.73. The summed E-state index contributed by atoms with van der Waals surface area (Å²) in [5.41, 5.74) is 4.65. The molecule has 0 radical (unpaired) electrons. The summed E-state index contributed by atoms with van der Waals surface area (Å²) < 4.78 is 0. The van der Waals surface area contributed by atoms with E-state index in [1.165, 1.54) is 0 Å². The second-order valence-electron chi connectivity index (χ2n) is 4.31. The van der Waals surface area contributed by atoms with Gasteiger partial charge >= 0.3 is 0 Å². The molecule has 0 amide bonds. The zero-order valence-electron chi connectivity index (χ0n) is 9.73. The molecule has 0 bridgehead atoms. The molecule has 1 aromatic heterocycles. The molecule has 0 fully saturated rings. The summed E-state index contributed by atoms with van der Waals surface area (Å²) in [6.07, 6.45) is 1.67. The number of ketones is 1. The summed E-state index contributed by atoms with van der Waals surface area (Å²) in [4.78, 5) is 16.8. The molecule has 3 rings (SSSR count). The van der Waals surface area contributed by atoms with Gasteiger partial charge in [-0.1, -0.05) is 31.2 Å². The minimum absolute atomic E-state index is 0.108. The van der Waals surface area contributed by atoms with Gasteiger partial charge in [-0.05, 0) is 24.1 Å². The Balaban J connectivity index is 2.16. The van der Waals surface area contributed by atoms with E-state index >= 15 is 0 Å². The van der Waals surface area contributed by atoms with Crippen LogP contribution in [0.2, 0.25) is 0 Å². The van der Waals surface area contributed by atoms with E-state index in [-0.39, 0.29) is 5.78 Å². The van der Waals surface area contributed by atoms with E-state index in [4.69, 9.17) is 0 Å². The van der Waals surface area contributed by atoms with Gasteiger partial charge in [0.25, 0.3) is 0 Å². The van der Waals surface area contributed by atoms with Crippen molar-refractivity contribution in [3.63, 3.8) is 0 Å². The fraction of sp³-hybridized carbons (Fsp3) is 0.200. The second-order valence-corrected chi connectivity index (χ2v) is 4.31. The van der Waals surface area contributed by atoms with Gasteiger partial charge in [0.2, 0.25) is 0 Å². The Morgan fingerprint density at radius 2 is 1.94 bits per heavy atom. The SMILES string of the molecule is CCc1ccc2c(n1)Cc1ccccc1C2=O. The van der Waals surface area contributed by atoms with E-state index in [0.29, 0.717) is 0 Å². The number of nitrogens with zero attached hydrogens (tertiary/aromatic N) is 1. The van der Waals surface area contributed by atoms with Gasteiger partial charge in [0, 0.05) is 23.2 Å². The van der Waals surface area contributed by atoms with Crippen molar-refractivity contribution < 1.29 is 4.79 Å². The first-order valence-corrected chi connectivity index (χ1v) is 5.91. The monoisotopic (exact) mass is 223 g/mol. The standard InChI is InChI=1S/C15H13NO/c1-2-11-7-8-13-14(16-11)9-10-5-3-4-6-12(10)15(13)17/h3-8H,2,9H2,1H3. The van der Waals surface area contributed by atoms with E-state index in [1.54, 1.807) is 0 Å². The number of fused-ring (bicyclic) bond motifs is 2. The molecule has 0 saturated carbocycles. The van der Waals surface area contributed by atoms with Crippen LogP contribution in [-0.2, 0) is 12.8 Å². The quantitative estimate of drug-likeness (QED) is 0.635. The summed E-state index contributed by atoms with van der Waals surface area (Å²) in [5, 5.41) is 0. The van der Waals surface area contributed by atoms with Crippen molar-refractivity contribution in [1.82, 2.24) is 4.98 Å². The molecule has 1 aliphatic rings. The number of hydrogen-bond donors (Lipinski definition) is 0. The Labute approximate surface area is 100 Å². The Morgan fingerprint density at radius 1 is 1.12 bits per heavy atom. The Bertz CT molecular complexity index is 602. The molecule has 0 N–H and O–H groups in total. The van der Waals surface area contributed by atoms with Gasteiger partial charge in [-0.25, -0.2) is 0 Å². The lowest BCUT2D eigenvalue weighted by molar-refractivity contribution is 0.103. The van der Waals surface area contributed by atoms with E-state index in [0.717, 1.165) is 40.9 Å². The van der Waals surface area contributed by atoms with Gasteiger partial charge in [-0.15, -0.1) is 0 Å². The van der Waals surface area contributed by atoms with E-state index < -0.39 is 0 Å². The summed E-state index contributed by atoms with van der Waals surface area (Å²) in [7, 11) is 0. The maximum Gasteiger partial charge on any atom is 0.195 e. The van der Waals surface area contributed by atoms with Crippen LogP contribution in [0.3, 0.4) is 0 Å². The molecule has 84 valence electrons. The first-order valence-electron chi connectivity index (χ1n) is 5.91. The minimum Gasteiger partial charge on any atom is -0.289 e. The highest BCUT2D eigenvalue weighted by atomic mass is 16.1. The molecular weight excluding hydrogens is 210 g/mol. The molecule has 0 saturated heterocycles. The van der Waals surface area contributed by atoms with Crippen LogP contribution in [0.15, 0.2) is 36.4 Å². The van der Waals surface area contributed by atoms with Gasteiger partial charge in [0.05, 0.1) is 5.69 Å². The van der Waals surface area contributed by atoms with Crippen LogP contribution in [0.1, 0.15) is 39.8 Å². The number of benzene rings is 1. The maximum absolute atomic E-state index is 12.3. The fourth-order valence-electron chi connectivity index (χ4n) is 2.31. The maximum atomic E-state index is 12.3. The average molecular weight is 223 g/mol. The minimum atomic E-state index is 0.108. The highest BCUT2D eigenvalue weighted by Crippen LogP contribution is 2.25. The van der Waals surface area contributed by atoms with Crippen LogP contribution in [0.5, 0.6) is 0 Å². The lowest BCUT2D eigenvalue weighted by Gasteiger charge is -2.17. The third kappa shape index (κ3) is 1.57. The van der Waals surface area contributed by atoms with E-state index in [1.807, 2.05) is 36.4 Å². The van der Waals surface area contributed by atoms with Crippen molar-refractivity contribution >= 4 is 5.78 Å². The Hall–Kier alpha value is -1.96. The number of hydrogen-bond acceptors (Lipinski definition) is 2. The largest absolute Gasteiger partial charge is 0.289 e. The molecule has 0 aliphatic heterocycles. The molecular formula is C15H13NO. The molecule has 2 heteroatoms. The van der Waals surface area contributed by atoms with Gasteiger partial charge in [-0.3, -0.25) is 9.78 Å². The van der Waals surface area contributed by atoms with Crippen molar-refractivity contribution in [2.24, 2.45) is 0 Å². The van der Waals surface area contributed by atoms with Gasteiger partial charge in [0.1, 0.15) is 0 Å². The van der Waals surface area contributed by atoms with Crippen LogP contribution in [0.4, 0.5) is 0 Å². The normalized spacial score (nSPS) is 13.1. The summed E-state index contributed by atoms with van der Waals surface area (Å²) in [6, 6.07) is 11.7. The molecule has 0 spiro atoms. The van der Waals surface area contributed by atoms with Crippen LogP contribution in [-0.4, -0.2) is 10.8 Å². The second kappa shape index (κ2) is 3.81. The van der Waals surface area contributed by atoms with E-state index in [2.05, 4.69) is 11.9 Å². The molecule has 0 atom stereocenters. The molecule has 2 aromatic rings. The first-order chi connectivity index (χ1) is 8.29. The number of carbonyl (C=O) groups is 1. The van der Waals surface area contributed by atoms with Crippen LogP contribution >= 0.6 is 0 Å². The Morgan fingerprint density at radius 3 is 2.76 bits per heavy atom. The van der Waals surface area contributed by atoms with Crippen molar-refractivity contribution in [2.45, 2.75) is 19.8 Å². The molecule has 1 aliphatic carbocycles. The number of rotatable bonds is 1. The van der Waals surface area contributed by atoms with Crippen LogP contribution in [0.25, 0.3) is 0 Å². The number of aryl methyl sites for hydroxylation is 1. The third-order valence-electron chi connectivity index (χ3n) is 3.26. The average Bonchev–Trinajstić information content (AvgIpc) is 2.38. The lowest BCUT2D eigenvalue weighted by atomic mass is 9.88. The van der Waals surface area contributed by atoms with Crippen molar-refractivity contribution in [3.05, 3.63) is 64.5 Å². The van der Waals surface area contributed by atoms with E-state index in [9.17, 15) is 4.79 Å². The van der Waals surface area contributed by atoms with Crippen molar-refractivity contribution in [2.75, 3.05) is 0 Å². The third-order valence-corrected chi connectivity index (χ3v) is 3.26. The summed E-state index contributed by atoms with van der Waals surface area (Å²) >= 11 is 0. The smallest absolute Gasteiger partial charge is 0.195 e. The number of pyridine rings is 1. The lowest BCUT2D eigenvalue weighted by Crippen LogP contribution is -2.16. The van der Waals surface area contributed by atoms with Gasteiger partial charge < -0.3 is 0 Å². The number of aromatic nitrogens is 1. The fourth-order valence-corrected chi connectivity index (χ4v) is 2.31. The number of carbonyl (C=O) groups excluding carboxylic acids is 1. The van der Waals surface area contributed by atoms with Crippen molar-refractivity contribution in [1.29, 1.82) is 0 Å². The highest BCUT2D eigenvalue weighted by Gasteiger charge is 2.23. The highest BCUT2D eigenvalue weighted by molar-refractivity contribution is 6.12. The molecule has 2 nitrogen and oxygen atoms in total. The first kappa shape index (κ1) is 10.2. The molecule has 1 aromatic carbocycles. The van der Waals surface area contributed by atoms with Crippen LogP contribution < -0.4 is 0 Å². The predicted octanol–water partition coefficient (Wildman–Crippen LogP) is 2.78. The molecule has 1 heterocycles. The van der Waals surface area contributed by atoms with Gasteiger partial charge in [-0.2, -0.15) is 0 Å². The Kier molecular flexibility index (Phi) is 2.29. The van der Waals surface area contributed by atoms with Gasteiger partial charge in [0.15, 0.2) is 5.78 Å².